The minimum atomic E-state index is -4.87. The fourth-order valence-electron chi connectivity index (χ4n) is 3.05. The topological polar surface area (TPSA) is 47.9 Å². The molecule has 9 heteroatoms. The molecule has 0 bridgehead atoms. The maximum Gasteiger partial charge on any atom is 0.417 e. The summed E-state index contributed by atoms with van der Waals surface area (Å²) >= 11 is 0. The van der Waals surface area contributed by atoms with E-state index < -0.39 is 29.0 Å². The first kappa shape index (κ1) is 21.4. The summed E-state index contributed by atoms with van der Waals surface area (Å²) in [4.78, 5) is 20.7. The molecular formula is C21H20F4N4O. The monoisotopic (exact) mass is 420 g/mol. The van der Waals surface area contributed by atoms with Crippen LogP contribution >= 0.6 is 0 Å². The van der Waals surface area contributed by atoms with Gasteiger partial charge in [-0.15, -0.1) is 0 Å². The van der Waals surface area contributed by atoms with Crippen molar-refractivity contribution in [3.63, 3.8) is 0 Å². The van der Waals surface area contributed by atoms with Gasteiger partial charge in [-0.05, 0) is 42.8 Å². The number of nitrogens with one attached hydrogen (secondary N) is 1. The predicted molar refractivity (Wildman–Crippen MR) is 106 cm³/mol. The molecule has 0 atom stereocenters. The number of alkyl halides is 3. The first-order valence-corrected chi connectivity index (χ1v) is 9.04. The number of hydrogen-bond acceptors (Lipinski definition) is 4. The van der Waals surface area contributed by atoms with E-state index >= 15 is 0 Å². The molecule has 1 heterocycles. The lowest BCUT2D eigenvalue weighted by Gasteiger charge is -2.34. The van der Waals surface area contributed by atoms with Crippen LogP contribution < -0.4 is 10.2 Å². The number of aliphatic imine (C=N–C) groups is 1. The van der Waals surface area contributed by atoms with Crippen LogP contribution in [0.4, 0.5) is 23.2 Å². The first-order valence-electron chi connectivity index (χ1n) is 9.04. The molecule has 2 aromatic rings. The van der Waals surface area contributed by atoms with Crippen LogP contribution in [0.1, 0.15) is 22.8 Å². The van der Waals surface area contributed by atoms with Gasteiger partial charge in [0.25, 0.3) is 5.91 Å². The van der Waals surface area contributed by atoms with Gasteiger partial charge in [0.2, 0.25) is 5.96 Å². The molecule has 0 saturated heterocycles. The van der Waals surface area contributed by atoms with Gasteiger partial charge in [0.1, 0.15) is 11.6 Å². The average molecular weight is 420 g/mol. The molecule has 0 saturated carbocycles. The van der Waals surface area contributed by atoms with Crippen molar-refractivity contribution in [1.82, 2.24) is 10.2 Å². The first-order chi connectivity index (χ1) is 14.1. The van der Waals surface area contributed by atoms with Crippen LogP contribution in [0.5, 0.6) is 0 Å². The van der Waals surface area contributed by atoms with Gasteiger partial charge in [0, 0.05) is 19.8 Å². The van der Waals surface area contributed by atoms with E-state index in [2.05, 4.69) is 10.3 Å². The van der Waals surface area contributed by atoms with Crippen LogP contribution in [0.3, 0.4) is 0 Å². The zero-order valence-electron chi connectivity index (χ0n) is 16.6. The molecule has 5 nitrogen and oxygen atoms in total. The molecule has 1 aliphatic rings. The second-order valence-corrected chi connectivity index (χ2v) is 7.00. The van der Waals surface area contributed by atoms with Crippen molar-refractivity contribution in [3.8, 4) is 0 Å². The van der Waals surface area contributed by atoms with E-state index in [4.69, 9.17) is 0 Å². The Hall–Kier alpha value is -3.36. The highest BCUT2D eigenvalue weighted by Gasteiger charge is 2.36. The Morgan fingerprint density at radius 3 is 2.40 bits per heavy atom. The molecule has 3 rings (SSSR count). The van der Waals surface area contributed by atoms with Gasteiger partial charge in [-0.2, -0.15) is 18.2 Å². The Bertz CT molecular complexity index is 1010. The fraction of sp³-hybridized carbons (Fsp3) is 0.238. The van der Waals surface area contributed by atoms with Crippen LogP contribution in [-0.4, -0.2) is 37.4 Å². The Kier molecular flexibility index (Phi) is 5.82. The third-order valence-corrected chi connectivity index (χ3v) is 4.48. The Labute approximate surface area is 171 Å². The number of anilines is 1. The van der Waals surface area contributed by atoms with Crippen LogP contribution in [0.2, 0.25) is 0 Å². The summed E-state index contributed by atoms with van der Waals surface area (Å²) < 4.78 is 53.1. The number of carbonyl (C=O) groups is 1. The summed E-state index contributed by atoms with van der Waals surface area (Å²) in [6.45, 7) is 2.11. The molecule has 0 radical (unpaired) electrons. The minimum absolute atomic E-state index is 0.160. The van der Waals surface area contributed by atoms with E-state index in [9.17, 15) is 22.4 Å². The van der Waals surface area contributed by atoms with Crippen LogP contribution in [-0.2, 0) is 6.18 Å². The van der Waals surface area contributed by atoms with Crippen molar-refractivity contribution in [2.24, 2.45) is 4.99 Å². The Balaban J connectivity index is 1.93. The third-order valence-electron chi connectivity index (χ3n) is 4.48. The van der Waals surface area contributed by atoms with Crippen molar-refractivity contribution in [2.45, 2.75) is 13.1 Å². The molecule has 0 aromatic heterocycles. The van der Waals surface area contributed by atoms with Crippen molar-refractivity contribution < 1.29 is 22.4 Å². The lowest BCUT2D eigenvalue weighted by Crippen LogP contribution is -2.45. The van der Waals surface area contributed by atoms with Gasteiger partial charge in [-0.3, -0.25) is 4.79 Å². The second-order valence-electron chi connectivity index (χ2n) is 7.00. The lowest BCUT2D eigenvalue weighted by atomic mass is 10.1. The lowest BCUT2D eigenvalue weighted by molar-refractivity contribution is -0.138. The molecule has 0 unspecified atom stereocenters. The molecule has 30 heavy (non-hydrogen) atoms. The zero-order valence-corrected chi connectivity index (χ0v) is 16.6. The molecule has 1 N–H and O–H groups in total. The third kappa shape index (κ3) is 4.45. The smallest absolute Gasteiger partial charge is 0.348 e. The standard InChI is InChI=1S/C21H20F4N4O/c1-13-12-29(15-7-5-4-6-8-15)20(28(2)3)27-18(13)26-19(30)16-10-9-14(22)11-17(16)21(23,24)25/h4-11H,12H2,1-3H3,(H,26,30). The number of benzene rings is 2. The van der Waals surface area contributed by atoms with Gasteiger partial charge < -0.3 is 15.1 Å². The normalized spacial score (nSPS) is 14.5. The largest absolute Gasteiger partial charge is 0.417 e. The molecule has 1 aliphatic heterocycles. The molecular weight excluding hydrogens is 400 g/mol. The van der Waals surface area contributed by atoms with Crippen molar-refractivity contribution in [1.29, 1.82) is 0 Å². The molecule has 2 aromatic carbocycles. The minimum Gasteiger partial charge on any atom is -0.348 e. The van der Waals surface area contributed by atoms with Crippen LogP contribution in [0.15, 0.2) is 64.9 Å². The molecule has 0 spiro atoms. The number of carbonyl (C=O) groups excluding carboxylic acids is 1. The van der Waals surface area contributed by atoms with Crippen LogP contribution in [0, 0.1) is 5.82 Å². The van der Waals surface area contributed by atoms with Gasteiger partial charge in [-0.1, -0.05) is 18.2 Å². The van der Waals surface area contributed by atoms with Crippen molar-refractivity contribution in [3.05, 3.63) is 76.9 Å². The maximum absolute atomic E-state index is 13.3. The van der Waals surface area contributed by atoms with Gasteiger partial charge in [0.05, 0.1) is 17.7 Å². The Morgan fingerprint density at radius 1 is 1.13 bits per heavy atom. The summed E-state index contributed by atoms with van der Waals surface area (Å²) in [7, 11) is 3.55. The van der Waals surface area contributed by atoms with Gasteiger partial charge >= 0.3 is 6.18 Å². The highest BCUT2D eigenvalue weighted by molar-refractivity contribution is 6.00. The summed E-state index contributed by atoms with van der Waals surface area (Å²) in [5, 5.41) is 2.45. The number of hydrogen-bond donors (Lipinski definition) is 1. The highest BCUT2D eigenvalue weighted by Crippen LogP contribution is 2.33. The van der Waals surface area contributed by atoms with Crippen LogP contribution in [0.25, 0.3) is 0 Å². The number of nitrogens with zero attached hydrogens (tertiary/aromatic N) is 3. The van der Waals surface area contributed by atoms with Crippen molar-refractivity contribution in [2.75, 3.05) is 25.5 Å². The van der Waals surface area contributed by atoms with Gasteiger partial charge in [-0.25, -0.2) is 4.39 Å². The molecule has 0 fully saturated rings. The predicted octanol–water partition coefficient (Wildman–Crippen LogP) is 4.24. The van der Waals surface area contributed by atoms with E-state index in [1.165, 1.54) is 0 Å². The second kappa shape index (κ2) is 8.17. The summed E-state index contributed by atoms with van der Waals surface area (Å²) in [6.07, 6.45) is -4.87. The van der Waals surface area contributed by atoms with Crippen molar-refractivity contribution >= 4 is 17.6 Å². The van der Waals surface area contributed by atoms with E-state index in [0.717, 1.165) is 17.8 Å². The van der Waals surface area contributed by atoms with Gasteiger partial charge in [0.15, 0.2) is 0 Å². The summed E-state index contributed by atoms with van der Waals surface area (Å²) in [6, 6.07) is 11.4. The zero-order chi connectivity index (χ0) is 22.1. The van der Waals surface area contributed by atoms with E-state index in [1.807, 2.05) is 35.2 Å². The Morgan fingerprint density at radius 2 is 1.80 bits per heavy atom. The van der Waals surface area contributed by atoms with E-state index in [1.54, 1.807) is 25.9 Å². The number of para-hydroxylation sites is 1. The summed E-state index contributed by atoms with van der Waals surface area (Å²) in [5.41, 5.74) is -0.464. The van der Waals surface area contributed by atoms with E-state index in [0.29, 0.717) is 24.1 Å². The number of amides is 1. The average Bonchev–Trinajstić information content (AvgIpc) is 2.69. The maximum atomic E-state index is 13.3. The SMILES string of the molecule is CC1=C(NC(=O)c2ccc(F)cc2C(F)(F)F)N=C(N(C)C)N(c2ccccc2)C1. The number of rotatable bonds is 3. The number of guanidine groups is 1. The molecule has 158 valence electrons. The highest BCUT2D eigenvalue weighted by atomic mass is 19.4. The number of halogens is 4. The quantitative estimate of drug-likeness (QED) is 0.756. The fourth-order valence-corrected chi connectivity index (χ4v) is 3.05. The molecule has 1 amide bonds. The van der Waals surface area contributed by atoms with E-state index in [-0.39, 0.29) is 5.82 Å². The molecule has 0 aliphatic carbocycles. The summed E-state index contributed by atoms with van der Waals surface area (Å²) in [5.74, 6) is -1.41.